The number of hydrogen-bond acceptors (Lipinski definition) is 5. The number of nitrogens with zero attached hydrogens (tertiary/aromatic N) is 4. The second kappa shape index (κ2) is 4.25. The fourth-order valence-corrected chi connectivity index (χ4v) is 1.90. The van der Waals surface area contributed by atoms with Crippen LogP contribution >= 0.6 is 0 Å². The first kappa shape index (κ1) is 10.5. The van der Waals surface area contributed by atoms with E-state index in [0.717, 1.165) is 6.42 Å². The quantitative estimate of drug-likeness (QED) is 0.702. The number of H-pyrrole nitrogens is 1. The van der Waals surface area contributed by atoms with Gasteiger partial charge in [-0.2, -0.15) is 5.21 Å². The Balaban J connectivity index is 2.08. The molecule has 1 unspecified atom stereocenters. The average molecular weight is 225 g/mol. The average Bonchev–Trinajstić information content (AvgIpc) is 2.84. The molecule has 1 aromatic rings. The molecule has 1 atom stereocenters. The maximum absolute atomic E-state index is 11.8. The Bertz CT molecular complexity index is 390. The summed E-state index contributed by atoms with van der Waals surface area (Å²) in [7, 11) is 0. The third-order valence-electron chi connectivity index (χ3n) is 2.58. The lowest BCUT2D eigenvalue weighted by molar-refractivity contribution is -0.137. The Labute approximate surface area is 90.6 Å². The number of hydrogen-bond donors (Lipinski definition) is 2. The molecule has 8 heteroatoms. The molecule has 2 N–H and O–H groups in total. The van der Waals surface area contributed by atoms with E-state index in [9.17, 15) is 9.59 Å². The van der Waals surface area contributed by atoms with Crippen molar-refractivity contribution < 1.29 is 14.7 Å². The zero-order chi connectivity index (χ0) is 11.5. The molecule has 0 spiro atoms. The molecule has 1 aromatic heterocycles. The van der Waals surface area contributed by atoms with E-state index in [4.69, 9.17) is 5.11 Å². The maximum Gasteiger partial charge on any atom is 0.305 e. The molecule has 8 nitrogen and oxygen atoms in total. The molecular weight excluding hydrogens is 214 g/mol. The number of aliphatic carboxylic acids is 1. The molecule has 0 aromatic carbocycles. The van der Waals surface area contributed by atoms with Crippen LogP contribution in [0.4, 0.5) is 0 Å². The fourth-order valence-electron chi connectivity index (χ4n) is 1.90. The number of tetrazole rings is 1. The number of nitrogens with one attached hydrogen (secondary N) is 1. The predicted octanol–water partition coefficient (Wildman–Crippen LogP) is -0.721. The minimum absolute atomic E-state index is 0.0164. The van der Waals surface area contributed by atoms with Gasteiger partial charge < -0.3 is 10.0 Å². The van der Waals surface area contributed by atoms with Gasteiger partial charge in [0, 0.05) is 12.6 Å². The normalized spacial score (nSPS) is 20.0. The topological polar surface area (TPSA) is 112 Å². The van der Waals surface area contributed by atoms with Crippen molar-refractivity contribution >= 4 is 11.9 Å². The zero-order valence-electron chi connectivity index (χ0n) is 8.46. The Morgan fingerprint density at radius 1 is 1.56 bits per heavy atom. The van der Waals surface area contributed by atoms with Crippen LogP contribution in [0, 0.1) is 0 Å². The van der Waals surface area contributed by atoms with E-state index in [0.29, 0.717) is 13.0 Å². The lowest BCUT2D eigenvalue weighted by atomic mass is 10.1. The van der Waals surface area contributed by atoms with Gasteiger partial charge >= 0.3 is 5.97 Å². The van der Waals surface area contributed by atoms with Gasteiger partial charge in [-0.25, -0.2) is 0 Å². The van der Waals surface area contributed by atoms with Gasteiger partial charge in [0.05, 0.1) is 6.42 Å². The van der Waals surface area contributed by atoms with E-state index in [1.54, 1.807) is 0 Å². The van der Waals surface area contributed by atoms with Crippen molar-refractivity contribution in [3.8, 4) is 0 Å². The Hall–Kier alpha value is -1.99. The van der Waals surface area contributed by atoms with Gasteiger partial charge in [-0.05, 0) is 18.1 Å². The molecule has 1 fully saturated rings. The number of carboxylic acid groups (broad SMARTS) is 1. The monoisotopic (exact) mass is 225 g/mol. The van der Waals surface area contributed by atoms with Crippen molar-refractivity contribution in [3.63, 3.8) is 0 Å². The molecule has 86 valence electrons. The van der Waals surface area contributed by atoms with Crippen LogP contribution in [0.15, 0.2) is 0 Å². The van der Waals surface area contributed by atoms with Crippen molar-refractivity contribution in [2.24, 2.45) is 0 Å². The van der Waals surface area contributed by atoms with E-state index in [1.807, 2.05) is 0 Å². The number of aromatic amines is 1. The maximum atomic E-state index is 11.8. The molecule has 1 aliphatic heterocycles. The van der Waals surface area contributed by atoms with E-state index < -0.39 is 5.97 Å². The molecule has 1 aliphatic rings. The minimum Gasteiger partial charge on any atom is -0.481 e. The zero-order valence-corrected chi connectivity index (χ0v) is 8.46. The van der Waals surface area contributed by atoms with Crippen molar-refractivity contribution in [2.75, 3.05) is 6.54 Å². The van der Waals surface area contributed by atoms with Crippen LogP contribution in [0.5, 0.6) is 0 Å². The van der Waals surface area contributed by atoms with Crippen LogP contribution < -0.4 is 0 Å². The number of rotatable bonds is 3. The second-order valence-electron chi connectivity index (χ2n) is 3.63. The fraction of sp³-hybridized carbons (Fsp3) is 0.625. The first-order chi connectivity index (χ1) is 7.68. The highest BCUT2D eigenvalue weighted by Gasteiger charge is 2.32. The third-order valence-corrected chi connectivity index (χ3v) is 2.58. The van der Waals surface area contributed by atoms with Crippen LogP contribution in [0.2, 0.25) is 0 Å². The number of carbonyl (C=O) groups excluding carboxylic acids is 1. The Kier molecular flexibility index (Phi) is 2.80. The third kappa shape index (κ3) is 2.00. The number of amides is 1. The van der Waals surface area contributed by atoms with Crippen molar-refractivity contribution in [3.05, 3.63) is 5.82 Å². The standard InChI is InChI=1S/C8H11N5O3/c14-6(15)4-5-2-1-3-13(5)8(16)7-9-11-12-10-7/h5H,1-4H2,(H,14,15)(H,9,10,11,12). The lowest BCUT2D eigenvalue weighted by Crippen LogP contribution is -2.37. The van der Waals surface area contributed by atoms with Crippen LogP contribution in [0.25, 0.3) is 0 Å². The van der Waals surface area contributed by atoms with Crippen LogP contribution in [0.3, 0.4) is 0 Å². The van der Waals surface area contributed by atoms with Gasteiger partial charge in [-0.1, -0.05) is 0 Å². The first-order valence-electron chi connectivity index (χ1n) is 4.94. The highest BCUT2D eigenvalue weighted by Crippen LogP contribution is 2.21. The van der Waals surface area contributed by atoms with Gasteiger partial charge in [-0.3, -0.25) is 9.59 Å². The van der Waals surface area contributed by atoms with Gasteiger partial charge in [0.2, 0.25) is 0 Å². The first-order valence-corrected chi connectivity index (χ1v) is 4.94. The highest BCUT2D eigenvalue weighted by atomic mass is 16.4. The van der Waals surface area contributed by atoms with Gasteiger partial charge in [0.15, 0.2) is 0 Å². The smallest absolute Gasteiger partial charge is 0.305 e. The van der Waals surface area contributed by atoms with Crippen molar-refractivity contribution in [2.45, 2.75) is 25.3 Å². The summed E-state index contributed by atoms with van der Waals surface area (Å²) in [6.45, 7) is 0.547. The number of aromatic nitrogens is 4. The summed E-state index contributed by atoms with van der Waals surface area (Å²) in [6, 6.07) is -0.261. The van der Waals surface area contributed by atoms with Crippen LogP contribution in [-0.2, 0) is 4.79 Å². The second-order valence-corrected chi connectivity index (χ2v) is 3.63. The van der Waals surface area contributed by atoms with Crippen LogP contribution in [0.1, 0.15) is 29.9 Å². The summed E-state index contributed by atoms with van der Waals surface area (Å²) in [6.07, 6.45) is 1.47. The molecule has 16 heavy (non-hydrogen) atoms. The summed E-state index contributed by atoms with van der Waals surface area (Å²) in [5.74, 6) is -1.28. The summed E-state index contributed by atoms with van der Waals surface area (Å²) in [5.41, 5.74) is 0. The van der Waals surface area contributed by atoms with Crippen molar-refractivity contribution in [1.82, 2.24) is 25.5 Å². The molecule has 0 bridgehead atoms. The van der Waals surface area contributed by atoms with Gasteiger partial charge in [-0.15, -0.1) is 10.2 Å². The number of carboxylic acids is 1. The highest BCUT2D eigenvalue weighted by molar-refractivity contribution is 5.90. The number of likely N-dealkylation sites (tertiary alicyclic amines) is 1. The molecule has 0 saturated carbocycles. The predicted molar refractivity (Wildman–Crippen MR) is 50.5 cm³/mol. The van der Waals surface area contributed by atoms with E-state index in [2.05, 4.69) is 20.6 Å². The van der Waals surface area contributed by atoms with E-state index in [-0.39, 0.29) is 24.2 Å². The van der Waals surface area contributed by atoms with E-state index in [1.165, 1.54) is 4.90 Å². The molecule has 2 heterocycles. The molecule has 1 amide bonds. The largest absolute Gasteiger partial charge is 0.481 e. The summed E-state index contributed by atoms with van der Waals surface area (Å²) in [4.78, 5) is 24.0. The Morgan fingerprint density at radius 2 is 2.38 bits per heavy atom. The van der Waals surface area contributed by atoms with Gasteiger partial charge in [0.1, 0.15) is 0 Å². The molecule has 2 rings (SSSR count). The SMILES string of the molecule is O=C(O)CC1CCCN1C(=O)c1nn[nH]n1. The summed E-state index contributed by atoms with van der Waals surface area (Å²) in [5, 5.41) is 21.4. The molecule has 1 saturated heterocycles. The molecule has 0 radical (unpaired) electrons. The van der Waals surface area contributed by atoms with Crippen LogP contribution in [-0.4, -0.2) is 55.1 Å². The minimum atomic E-state index is -0.905. The molecule has 0 aliphatic carbocycles. The van der Waals surface area contributed by atoms with Gasteiger partial charge in [0.25, 0.3) is 11.7 Å². The Morgan fingerprint density at radius 3 is 3.00 bits per heavy atom. The van der Waals surface area contributed by atoms with Crippen molar-refractivity contribution in [1.29, 1.82) is 0 Å². The lowest BCUT2D eigenvalue weighted by Gasteiger charge is -2.21. The van der Waals surface area contributed by atoms with E-state index >= 15 is 0 Å². The summed E-state index contributed by atoms with van der Waals surface area (Å²) < 4.78 is 0. The summed E-state index contributed by atoms with van der Waals surface area (Å²) >= 11 is 0. The number of carbonyl (C=O) groups is 2. The molecular formula is C8H11N5O3.